The maximum Gasteiger partial charge on any atom is 0.225 e. The van der Waals surface area contributed by atoms with Gasteiger partial charge in [-0.15, -0.1) is 12.4 Å². The van der Waals surface area contributed by atoms with Crippen molar-refractivity contribution < 1.29 is 9.59 Å². The van der Waals surface area contributed by atoms with Crippen LogP contribution in [0.1, 0.15) is 12.0 Å². The highest BCUT2D eigenvalue weighted by molar-refractivity contribution is 5.89. The molecule has 2 amide bonds. The number of nitrogens with one attached hydrogen (secondary N) is 2. The van der Waals surface area contributed by atoms with Gasteiger partial charge in [-0.2, -0.15) is 0 Å². The standard InChI is InChI=1S/C16H21N3O2.ClH/c20-15-6-14(16(21)18-9-13-7-17-8-13)11-19(15)10-12-4-2-1-3-5-12;/h1-5,13-14,17H,6-11H2,(H,18,21);1H. The van der Waals surface area contributed by atoms with Crippen molar-refractivity contribution in [2.45, 2.75) is 13.0 Å². The van der Waals surface area contributed by atoms with Crippen LogP contribution in [0.4, 0.5) is 0 Å². The number of hydrogen-bond acceptors (Lipinski definition) is 3. The third kappa shape index (κ3) is 3.99. The van der Waals surface area contributed by atoms with Gasteiger partial charge in [-0.05, 0) is 5.56 Å². The average molecular weight is 324 g/mol. The molecule has 2 N–H and O–H groups in total. The van der Waals surface area contributed by atoms with Crippen molar-refractivity contribution in [3.8, 4) is 0 Å². The largest absolute Gasteiger partial charge is 0.355 e. The van der Waals surface area contributed by atoms with E-state index in [9.17, 15) is 9.59 Å². The summed E-state index contributed by atoms with van der Waals surface area (Å²) in [4.78, 5) is 25.9. The molecule has 2 fully saturated rings. The quantitative estimate of drug-likeness (QED) is 0.842. The van der Waals surface area contributed by atoms with E-state index in [0.717, 1.165) is 25.2 Å². The first-order valence-electron chi connectivity index (χ1n) is 7.52. The van der Waals surface area contributed by atoms with Crippen LogP contribution in [0.2, 0.25) is 0 Å². The molecule has 22 heavy (non-hydrogen) atoms. The van der Waals surface area contributed by atoms with Crippen molar-refractivity contribution in [2.24, 2.45) is 11.8 Å². The van der Waals surface area contributed by atoms with Gasteiger partial charge in [0, 0.05) is 45.1 Å². The first-order chi connectivity index (χ1) is 10.2. The molecule has 120 valence electrons. The minimum atomic E-state index is -0.200. The van der Waals surface area contributed by atoms with Crippen LogP contribution in [0.15, 0.2) is 30.3 Å². The fraction of sp³-hybridized carbons (Fsp3) is 0.500. The SMILES string of the molecule is Cl.O=C(NCC1CNC1)C1CC(=O)N(Cc2ccccc2)C1. The number of rotatable bonds is 5. The molecule has 2 aliphatic heterocycles. The van der Waals surface area contributed by atoms with Gasteiger partial charge in [0.05, 0.1) is 5.92 Å². The summed E-state index contributed by atoms with van der Waals surface area (Å²) in [6, 6.07) is 9.90. The second kappa shape index (κ2) is 7.61. The molecule has 0 aromatic heterocycles. The molecule has 0 saturated carbocycles. The van der Waals surface area contributed by atoms with E-state index in [2.05, 4.69) is 10.6 Å². The van der Waals surface area contributed by atoms with E-state index in [0.29, 0.717) is 25.4 Å². The van der Waals surface area contributed by atoms with E-state index < -0.39 is 0 Å². The molecular weight excluding hydrogens is 302 g/mol. The van der Waals surface area contributed by atoms with Gasteiger partial charge in [-0.3, -0.25) is 9.59 Å². The van der Waals surface area contributed by atoms with Crippen LogP contribution >= 0.6 is 12.4 Å². The van der Waals surface area contributed by atoms with Crippen LogP contribution < -0.4 is 10.6 Å². The Labute approximate surface area is 136 Å². The lowest BCUT2D eigenvalue weighted by Crippen LogP contribution is -2.49. The molecule has 0 bridgehead atoms. The maximum atomic E-state index is 12.1. The summed E-state index contributed by atoms with van der Waals surface area (Å²) in [5.74, 6) is 0.441. The molecule has 1 aromatic rings. The molecular formula is C16H22ClN3O2. The van der Waals surface area contributed by atoms with E-state index in [-0.39, 0.29) is 30.1 Å². The van der Waals surface area contributed by atoms with Gasteiger partial charge < -0.3 is 15.5 Å². The van der Waals surface area contributed by atoms with E-state index in [1.165, 1.54) is 0 Å². The predicted molar refractivity (Wildman–Crippen MR) is 86.6 cm³/mol. The monoisotopic (exact) mass is 323 g/mol. The Morgan fingerprint density at radius 3 is 2.64 bits per heavy atom. The van der Waals surface area contributed by atoms with Crippen molar-refractivity contribution in [3.05, 3.63) is 35.9 Å². The van der Waals surface area contributed by atoms with Gasteiger partial charge in [-0.25, -0.2) is 0 Å². The Hall–Kier alpha value is -1.59. The molecule has 1 atom stereocenters. The summed E-state index contributed by atoms with van der Waals surface area (Å²) >= 11 is 0. The average Bonchev–Trinajstić information content (AvgIpc) is 2.79. The molecule has 1 aromatic carbocycles. The number of hydrogen-bond donors (Lipinski definition) is 2. The smallest absolute Gasteiger partial charge is 0.225 e. The van der Waals surface area contributed by atoms with Crippen molar-refractivity contribution in [1.82, 2.24) is 15.5 Å². The van der Waals surface area contributed by atoms with E-state index in [1.807, 2.05) is 30.3 Å². The summed E-state index contributed by atoms with van der Waals surface area (Å²) in [5.41, 5.74) is 1.10. The minimum Gasteiger partial charge on any atom is -0.355 e. The lowest BCUT2D eigenvalue weighted by molar-refractivity contribution is -0.129. The van der Waals surface area contributed by atoms with Crippen molar-refractivity contribution in [2.75, 3.05) is 26.2 Å². The van der Waals surface area contributed by atoms with Gasteiger partial charge in [-0.1, -0.05) is 30.3 Å². The van der Waals surface area contributed by atoms with Crippen molar-refractivity contribution in [3.63, 3.8) is 0 Å². The summed E-state index contributed by atoms with van der Waals surface area (Å²) in [6.07, 6.45) is 0.335. The molecule has 2 aliphatic rings. The molecule has 0 radical (unpaired) electrons. The Balaban J connectivity index is 0.00000176. The minimum absolute atomic E-state index is 0. The Bertz CT molecular complexity index is 519. The van der Waals surface area contributed by atoms with Gasteiger partial charge in [0.2, 0.25) is 11.8 Å². The van der Waals surface area contributed by atoms with Crippen LogP contribution in [0.3, 0.4) is 0 Å². The molecule has 5 nitrogen and oxygen atoms in total. The van der Waals surface area contributed by atoms with Crippen LogP contribution in [0, 0.1) is 11.8 Å². The Morgan fingerprint density at radius 1 is 1.27 bits per heavy atom. The summed E-state index contributed by atoms with van der Waals surface area (Å²) < 4.78 is 0. The first kappa shape index (κ1) is 16.8. The van der Waals surface area contributed by atoms with E-state index in [1.54, 1.807) is 4.90 Å². The number of carbonyl (C=O) groups is 2. The Kier molecular flexibility index (Phi) is 5.80. The number of halogens is 1. The highest BCUT2D eigenvalue weighted by Gasteiger charge is 2.34. The fourth-order valence-electron chi connectivity index (χ4n) is 2.79. The Morgan fingerprint density at radius 2 is 2.00 bits per heavy atom. The number of benzene rings is 1. The fourth-order valence-corrected chi connectivity index (χ4v) is 2.79. The van der Waals surface area contributed by atoms with Crippen LogP contribution in [-0.2, 0) is 16.1 Å². The van der Waals surface area contributed by atoms with Crippen molar-refractivity contribution >= 4 is 24.2 Å². The molecule has 2 saturated heterocycles. The third-order valence-corrected chi connectivity index (χ3v) is 4.23. The van der Waals surface area contributed by atoms with Gasteiger partial charge >= 0.3 is 0 Å². The molecule has 0 aliphatic carbocycles. The second-order valence-corrected chi connectivity index (χ2v) is 5.93. The normalized spacial score (nSPS) is 21.2. The zero-order valence-electron chi connectivity index (χ0n) is 12.5. The van der Waals surface area contributed by atoms with Gasteiger partial charge in [0.1, 0.15) is 0 Å². The van der Waals surface area contributed by atoms with Crippen LogP contribution in [-0.4, -0.2) is 42.9 Å². The molecule has 6 heteroatoms. The number of likely N-dealkylation sites (tertiary alicyclic amines) is 1. The maximum absolute atomic E-state index is 12.1. The lowest BCUT2D eigenvalue weighted by atomic mass is 10.0. The molecule has 0 spiro atoms. The van der Waals surface area contributed by atoms with Crippen molar-refractivity contribution in [1.29, 1.82) is 0 Å². The van der Waals surface area contributed by atoms with Gasteiger partial charge in [0.15, 0.2) is 0 Å². The highest BCUT2D eigenvalue weighted by atomic mass is 35.5. The summed E-state index contributed by atoms with van der Waals surface area (Å²) in [6.45, 7) is 3.79. The molecule has 3 rings (SSSR count). The van der Waals surface area contributed by atoms with E-state index in [4.69, 9.17) is 0 Å². The van der Waals surface area contributed by atoms with Gasteiger partial charge in [0.25, 0.3) is 0 Å². The number of carbonyl (C=O) groups excluding carboxylic acids is 2. The molecule has 2 heterocycles. The predicted octanol–water partition coefficient (Wildman–Crippen LogP) is 0.792. The number of nitrogens with zero attached hydrogens (tertiary/aromatic N) is 1. The topological polar surface area (TPSA) is 61.4 Å². The zero-order valence-corrected chi connectivity index (χ0v) is 13.3. The third-order valence-electron chi connectivity index (χ3n) is 4.23. The number of amides is 2. The lowest BCUT2D eigenvalue weighted by Gasteiger charge is -2.27. The zero-order chi connectivity index (χ0) is 14.7. The summed E-state index contributed by atoms with van der Waals surface area (Å²) in [7, 11) is 0. The van der Waals surface area contributed by atoms with E-state index >= 15 is 0 Å². The second-order valence-electron chi connectivity index (χ2n) is 5.93. The molecule has 1 unspecified atom stereocenters. The summed E-state index contributed by atoms with van der Waals surface area (Å²) in [5, 5.41) is 6.16. The van der Waals surface area contributed by atoms with Crippen LogP contribution in [0.25, 0.3) is 0 Å². The highest BCUT2D eigenvalue weighted by Crippen LogP contribution is 2.20. The first-order valence-corrected chi connectivity index (χ1v) is 7.52. The van der Waals surface area contributed by atoms with Crippen LogP contribution in [0.5, 0.6) is 0 Å².